The molecule has 2 aliphatic rings. The highest BCUT2D eigenvalue weighted by Gasteiger charge is 2.32. The number of carbonyl (C=O) groups excluding carboxylic acids is 1. The second kappa shape index (κ2) is 9.16. The van der Waals surface area contributed by atoms with Crippen LogP contribution in [0.3, 0.4) is 0 Å². The molecule has 3 heterocycles. The van der Waals surface area contributed by atoms with E-state index < -0.39 is 0 Å². The van der Waals surface area contributed by atoms with Gasteiger partial charge in [-0.05, 0) is 50.7 Å². The number of aromatic nitrogens is 2. The third kappa shape index (κ3) is 4.36. The molecule has 0 aliphatic carbocycles. The minimum absolute atomic E-state index is 0.00459. The highest BCUT2D eigenvalue weighted by atomic mass is 16.5. The van der Waals surface area contributed by atoms with Gasteiger partial charge in [0.2, 0.25) is 11.9 Å². The van der Waals surface area contributed by atoms with Crippen molar-refractivity contribution in [2.24, 2.45) is 11.8 Å². The number of carbonyl (C=O) groups is 1. The summed E-state index contributed by atoms with van der Waals surface area (Å²) < 4.78 is 10.7. The molecule has 1 amide bonds. The number of nitrogens with zero attached hydrogens (tertiary/aromatic N) is 4. The zero-order chi connectivity index (χ0) is 21.1. The SMILES string of the molecule is COCC1CCCN(C(=O)C2CCCN(c3nc(C)c4ccc(OC)cc4n3)C2)C1. The topological polar surface area (TPSA) is 67.8 Å². The number of hydrogen-bond acceptors (Lipinski definition) is 6. The van der Waals surface area contributed by atoms with E-state index in [1.807, 2.05) is 25.1 Å². The van der Waals surface area contributed by atoms with Crippen molar-refractivity contribution < 1.29 is 14.3 Å². The van der Waals surface area contributed by atoms with Crippen molar-refractivity contribution in [1.29, 1.82) is 0 Å². The molecule has 0 spiro atoms. The fourth-order valence-electron chi connectivity index (χ4n) is 4.78. The van der Waals surface area contributed by atoms with Crippen LogP contribution in [0.2, 0.25) is 0 Å². The second-order valence-corrected chi connectivity index (χ2v) is 8.53. The molecule has 2 aliphatic heterocycles. The molecule has 0 radical (unpaired) electrons. The third-order valence-electron chi connectivity index (χ3n) is 6.37. The number of ether oxygens (including phenoxy) is 2. The Morgan fingerprint density at radius 2 is 1.97 bits per heavy atom. The van der Waals surface area contributed by atoms with Gasteiger partial charge < -0.3 is 19.3 Å². The summed E-state index contributed by atoms with van der Waals surface area (Å²) in [5.74, 6) is 2.23. The van der Waals surface area contributed by atoms with Crippen LogP contribution in [0, 0.1) is 18.8 Å². The molecule has 2 atom stereocenters. The molecule has 2 aromatic rings. The summed E-state index contributed by atoms with van der Waals surface area (Å²) in [6, 6.07) is 5.88. The third-order valence-corrected chi connectivity index (χ3v) is 6.37. The van der Waals surface area contributed by atoms with E-state index in [4.69, 9.17) is 19.4 Å². The van der Waals surface area contributed by atoms with Gasteiger partial charge in [0.25, 0.3) is 0 Å². The Morgan fingerprint density at radius 1 is 1.13 bits per heavy atom. The van der Waals surface area contributed by atoms with Crippen molar-refractivity contribution in [3.63, 3.8) is 0 Å². The molecule has 1 aromatic carbocycles. The van der Waals surface area contributed by atoms with Gasteiger partial charge in [-0.2, -0.15) is 0 Å². The maximum atomic E-state index is 13.2. The second-order valence-electron chi connectivity index (χ2n) is 8.53. The van der Waals surface area contributed by atoms with Crippen LogP contribution in [0.5, 0.6) is 5.75 Å². The molecular weight excluding hydrogens is 380 g/mol. The van der Waals surface area contributed by atoms with Crippen molar-refractivity contribution in [3.05, 3.63) is 23.9 Å². The summed E-state index contributed by atoms with van der Waals surface area (Å²) in [6.45, 7) is 5.98. The van der Waals surface area contributed by atoms with E-state index in [1.54, 1.807) is 14.2 Å². The summed E-state index contributed by atoms with van der Waals surface area (Å²) >= 11 is 0. The van der Waals surface area contributed by atoms with E-state index >= 15 is 0 Å². The van der Waals surface area contributed by atoms with Crippen molar-refractivity contribution >= 4 is 22.8 Å². The molecule has 2 saturated heterocycles. The van der Waals surface area contributed by atoms with E-state index in [9.17, 15) is 4.79 Å². The number of amides is 1. The van der Waals surface area contributed by atoms with E-state index in [1.165, 1.54) is 0 Å². The minimum Gasteiger partial charge on any atom is -0.497 e. The highest BCUT2D eigenvalue weighted by molar-refractivity contribution is 5.83. The first-order chi connectivity index (χ1) is 14.6. The highest BCUT2D eigenvalue weighted by Crippen LogP contribution is 2.28. The minimum atomic E-state index is 0.00459. The quantitative estimate of drug-likeness (QED) is 0.752. The maximum absolute atomic E-state index is 13.2. The lowest BCUT2D eigenvalue weighted by Gasteiger charge is -2.38. The average molecular weight is 413 g/mol. The van der Waals surface area contributed by atoms with Crippen LogP contribution in [0.25, 0.3) is 10.9 Å². The van der Waals surface area contributed by atoms with Crippen LogP contribution >= 0.6 is 0 Å². The Morgan fingerprint density at radius 3 is 2.77 bits per heavy atom. The standard InChI is InChI=1S/C23H32N4O3/c1-16-20-9-8-19(30-3)12-21(20)25-23(24-16)27-11-5-7-18(14-27)22(28)26-10-4-6-17(13-26)15-29-2/h8-9,12,17-18H,4-7,10-11,13-15H2,1-3H3. The van der Waals surface area contributed by atoms with Crippen molar-refractivity contribution in [1.82, 2.24) is 14.9 Å². The van der Waals surface area contributed by atoms with Crippen LogP contribution in [0.1, 0.15) is 31.4 Å². The number of hydrogen-bond donors (Lipinski definition) is 0. The number of aryl methyl sites for hydroxylation is 1. The number of rotatable bonds is 5. The van der Waals surface area contributed by atoms with Gasteiger partial charge in [0, 0.05) is 44.7 Å². The Balaban J connectivity index is 1.50. The van der Waals surface area contributed by atoms with Gasteiger partial charge in [-0.15, -0.1) is 0 Å². The zero-order valence-corrected chi connectivity index (χ0v) is 18.3. The molecule has 0 N–H and O–H groups in total. The predicted molar refractivity (Wildman–Crippen MR) is 117 cm³/mol. The Kier molecular flexibility index (Phi) is 6.37. The molecule has 7 nitrogen and oxygen atoms in total. The van der Waals surface area contributed by atoms with Gasteiger partial charge in [-0.25, -0.2) is 9.97 Å². The van der Waals surface area contributed by atoms with Crippen LogP contribution < -0.4 is 9.64 Å². The zero-order valence-electron chi connectivity index (χ0n) is 18.3. The number of anilines is 1. The van der Waals surface area contributed by atoms with Gasteiger partial charge in [0.05, 0.1) is 30.8 Å². The monoisotopic (exact) mass is 412 g/mol. The molecule has 1 aromatic heterocycles. The van der Waals surface area contributed by atoms with Gasteiger partial charge in [0.15, 0.2) is 0 Å². The van der Waals surface area contributed by atoms with Gasteiger partial charge in [-0.3, -0.25) is 4.79 Å². The molecule has 0 saturated carbocycles. The van der Waals surface area contributed by atoms with Gasteiger partial charge in [0.1, 0.15) is 5.75 Å². The largest absolute Gasteiger partial charge is 0.497 e. The van der Waals surface area contributed by atoms with E-state index in [0.717, 1.165) is 74.3 Å². The lowest BCUT2D eigenvalue weighted by atomic mass is 9.93. The predicted octanol–water partition coefficient (Wildman–Crippen LogP) is 3.05. The summed E-state index contributed by atoms with van der Waals surface area (Å²) in [4.78, 5) is 27.0. The summed E-state index contributed by atoms with van der Waals surface area (Å²) in [6.07, 6.45) is 4.11. The molecular formula is C23H32N4O3. The maximum Gasteiger partial charge on any atom is 0.227 e. The number of methoxy groups -OCH3 is 2. The number of fused-ring (bicyclic) bond motifs is 1. The molecule has 7 heteroatoms. The molecule has 162 valence electrons. The summed E-state index contributed by atoms with van der Waals surface area (Å²) in [5.41, 5.74) is 1.83. The normalized spacial score (nSPS) is 22.4. The Hall–Kier alpha value is -2.41. The number of likely N-dealkylation sites (tertiary alicyclic amines) is 1. The van der Waals surface area contributed by atoms with Crippen LogP contribution in [0.15, 0.2) is 18.2 Å². The van der Waals surface area contributed by atoms with Crippen molar-refractivity contribution in [2.45, 2.75) is 32.6 Å². The number of benzene rings is 1. The van der Waals surface area contributed by atoms with E-state index in [0.29, 0.717) is 18.4 Å². The molecule has 0 bridgehead atoms. The summed E-state index contributed by atoms with van der Waals surface area (Å²) in [7, 11) is 3.40. The van der Waals surface area contributed by atoms with Gasteiger partial charge in [-0.1, -0.05) is 0 Å². The van der Waals surface area contributed by atoms with E-state index in [-0.39, 0.29) is 11.8 Å². The van der Waals surface area contributed by atoms with Crippen LogP contribution in [0.4, 0.5) is 5.95 Å². The summed E-state index contributed by atoms with van der Waals surface area (Å²) in [5, 5.41) is 1.03. The fourth-order valence-corrected chi connectivity index (χ4v) is 4.78. The van der Waals surface area contributed by atoms with Gasteiger partial charge >= 0.3 is 0 Å². The average Bonchev–Trinajstić information content (AvgIpc) is 2.78. The number of piperidine rings is 2. The van der Waals surface area contributed by atoms with E-state index in [2.05, 4.69) is 9.80 Å². The Labute approximate surface area is 178 Å². The molecule has 2 unspecified atom stereocenters. The smallest absolute Gasteiger partial charge is 0.227 e. The lowest BCUT2D eigenvalue weighted by molar-refractivity contribution is -0.138. The lowest BCUT2D eigenvalue weighted by Crippen LogP contribution is -2.48. The molecule has 2 fully saturated rings. The fraction of sp³-hybridized carbons (Fsp3) is 0.609. The molecule has 30 heavy (non-hydrogen) atoms. The van der Waals surface area contributed by atoms with Crippen molar-refractivity contribution in [3.8, 4) is 5.75 Å². The molecule has 4 rings (SSSR count). The van der Waals surface area contributed by atoms with Crippen LogP contribution in [-0.4, -0.2) is 67.8 Å². The first-order valence-corrected chi connectivity index (χ1v) is 10.9. The Bertz CT molecular complexity index is 901. The first-order valence-electron chi connectivity index (χ1n) is 10.9. The van der Waals surface area contributed by atoms with Crippen LogP contribution in [-0.2, 0) is 9.53 Å². The van der Waals surface area contributed by atoms with Crippen molar-refractivity contribution in [2.75, 3.05) is 51.9 Å². The first kappa shape index (κ1) is 20.8.